The lowest BCUT2D eigenvalue weighted by Gasteiger charge is -1.94. The SMILES string of the molecule is C/C(=C/c1ccc(C)cc1)[N+](=O)[O-]. The van der Waals surface area contributed by atoms with E-state index in [2.05, 4.69) is 0 Å². The van der Waals surface area contributed by atoms with Crippen LogP contribution in [0.5, 0.6) is 0 Å². The van der Waals surface area contributed by atoms with E-state index < -0.39 is 0 Å². The molecule has 0 saturated heterocycles. The molecule has 3 nitrogen and oxygen atoms in total. The molecule has 0 bridgehead atoms. The van der Waals surface area contributed by atoms with Gasteiger partial charge in [0.15, 0.2) is 0 Å². The average Bonchev–Trinajstić information content (AvgIpc) is 2.08. The van der Waals surface area contributed by atoms with Gasteiger partial charge in [-0.3, -0.25) is 10.1 Å². The first kappa shape index (κ1) is 9.45. The molecule has 0 spiro atoms. The highest BCUT2D eigenvalue weighted by Gasteiger charge is 2.00. The number of hydrogen-bond donors (Lipinski definition) is 0. The third-order valence-corrected chi connectivity index (χ3v) is 1.74. The first-order chi connectivity index (χ1) is 6.09. The Hall–Kier alpha value is -1.64. The maximum absolute atomic E-state index is 10.3. The number of nitro groups is 1. The number of hydrogen-bond acceptors (Lipinski definition) is 2. The van der Waals surface area contributed by atoms with Crippen LogP contribution in [0.4, 0.5) is 0 Å². The molecule has 3 heteroatoms. The summed E-state index contributed by atoms with van der Waals surface area (Å²) in [5.74, 6) is 0. The second kappa shape index (κ2) is 3.85. The van der Waals surface area contributed by atoms with Gasteiger partial charge < -0.3 is 0 Å². The lowest BCUT2D eigenvalue weighted by molar-refractivity contribution is -0.422. The molecule has 0 amide bonds. The minimum Gasteiger partial charge on any atom is -0.259 e. The molecule has 0 aliphatic carbocycles. The molecule has 0 aliphatic heterocycles. The summed E-state index contributed by atoms with van der Waals surface area (Å²) in [4.78, 5) is 9.92. The predicted octanol–water partition coefficient (Wildman–Crippen LogP) is 2.63. The van der Waals surface area contributed by atoms with Crippen molar-refractivity contribution >= 4 is 6.08 Å². The van der Waals surface area contributed by atoms with Crippen LogP contribution in [0.15, 0.2) is 30.0 Å². The first-order valence-corrected chi connectivity index (χ1v) is 3.99. The van der Waals surface area contributed by atoms with E-state index in [-0.39, 0.29) is 10.6 Å². The molecular weight excluding hydrogens is 166 g/mol. The fraction of sp³-hybridized carbons (Fsp3) is 0.200. The molecule has 13 heavy (non-hydrogen) atoms. The zero-order valence-corrected chi connectivity index (χ0v) is 7.65. The largest absolute Gasteiger partial charge is 0.259 e. The van der Waals surface area contributed by atoms with Crippen molar-refractivity contribution in [3.63, 3.8) is 0 Å². The summed E-state index contributed by atoms with van der Waals surface area (Å²) >= 11 is 0. The minimum atomic E-state index is -0.389. The molecule has 0 saturated carbocycles. The van der Waals surface area contributed by atoms with E-state index in [9.17, 15) is 10.1 Å². The van der Waals surface area contributed by atoms with Crippen LogP contribution in [-0.2, 0) is 0 Å². The Morgan fingerprint density at radius 2 is 1.92 bits per heavy atom. The molecule has 1 aromatic rings. The summed E-state index contributed by atoms with van der Waals surface area (Å²) in [5.41, 5.74) is 2.17. The van der Waals surface area contributed by atoms with Crippen LogP contribution >= 0.6 is 0 Å². The molecular formula is C10H11NO2. The lowest BCUT2D eigenvalue weighted by atomic mass is 10.1. The van der Waals surface area contributed by atoms with Gasteiger partial charge in [-0.15, -0.1) is 0 Å². The summed E-state index contributed by atoms with van der Waals surface area (Å²) in [7, 11) is 0. The van der Waals surface area contributed by atoms with Gasteiger partial charge in [-0.2, -0.15) is 0 Å². The molecule has 0 heterocycles. The monoisotopic (exact) mass is 177 g/mol. The molecule has 0 radical (unpaired) electrons. The Morgan fingerprint density at radius 3 is 2.38 bits per heavy atom. The van der Waals surface area contributed by atoms with E-state index in [1.165, 1.54) is 6.92 Å². The van der Waals surface area contributed by atoms with E-state index >= 15 is 0 Å². The third kappa shape index (κ3) is 2.71. The smallest absolute Gasteiger partial charge is 0.243 e. The van der Waals surface area contributed by atoms with Crippen molar-refractivity contribution in [1.82, 2.24) is 0 Å². The number of aryl methyl sites for hydroxylation is 1. The van der Waals surface area contributed by atoms with Crippen molar-refractivity contribution in [1.29, 1.82) is 0 Å². The average molecular weight is 177 g/mol. The zero-order valence-electron chi connectivity index (χ0n) is 7.65. The van der Waals surface area contributed by atoms with Crippen LogP contribution in [0.25, 0.3) is 6.08 Å². The van der Waals surface area contributed by atoms with E-state index in [0.29, 0.717) is 0 Å². The van der Waals surface area contributed by atoms with Gasteiger partial charge in [0.05, 0.1) is 4.92 Å². The molecule has 0 unspecified atom stereocenters. The molecule has 0 aliphatic rings. The number of nitrogens with zero attached hydrogens (tertiary/aromatic N) is 1. The van der Waals surface area contributed by atoms with Gasteiger partial charge in [0.2, 0.25) is 5.70 Å². The maximum Gasteiger partial charge on any atom is 0.243 e. The van der Waals surface area contributed by atoms with Crippen LogP contribution in [-0.4, -0.2) is 4.92 Å². The Morgan fingerprint density at radius 1 is 1.38 bits per heavy atom. The molecule has 68 valence electrons. The van der Waals surface area contributed by atoms with Crippen LogP contribution in [0.2, 0.25) is 0 Å². The van der Waals surface area contributed by atoms with Crippen molar-refractivity contribution in [3.05, 3.63) is 51.2 Å². The Kier molecular flexibility index (Phi) is 2.80. The van der Waals surface area contributed by atoms with E-state index in [1.807, 2.05) is 31.2 Å². The van der Waals surface area contributed by atoms with Crippen LogP contribution in [0, 0.1) is 17.0 Å². The van der Waals surface area contributed by atoms with Crippen LogP contribution in [0.1, 0.15) is 18.1 Å². The number of benzene rings is 1. The molecule has 0 atom stereocenters. The Labute approximate surface area is 76.9 Å². The van der Waals surface area contributed by atoms with Crippen molar-refractivity contribution in [2.45, 2.75) is 13.8 Å². The molecule has 1 rings (SSSR count). The van der Waals surface area contributed by atoms with Gasteiger partial charge in [0.25, 0.3) is 0 Å². The summed E-state index contributed by atoms with van der Waals surface area (Å²) < 4.78 is 0. The van der Waals surface area contributed by atoms with Crippen molar-refractivity contribution in [2.75, 3.05) is 0 Å². The summed E-state index contributed by atoms with van der Waals surface area (Å²) in [6.07, 6.45) is 1.56. The lowest BCUT2D eigenvalue weighted by Crippen LogP contribution is -1.92. The standard InChI is InChI=1S/C10H11NO2/c1-8-3-5-10(6-4-8)7-9(2)11(12)13/h3-7H,1-2H3/b9-7-. The Bertz CT molecular complexity index is 338. The number of allylic oxidation sites excluding steroid dienone is 1. The van der Waals surface area contributed by atoms with Gasteiger partial charge >= 0.3 is 0 Å². The predicted molar refractivity (Wildman–Crippen MR) is 51.8 cm³/mol. The van der Waals surface area contributed by atoms with Crippen LogP contribution in [0.3, 0.4) is 0 Å². The number of rotatable bonds is 2. The van der Waals surface area contributed by atoms with E-state index in [0.717, 1.165) is 11.1 Å². The molecule has 0 aromatic heterocycles. The van der Waals surface area contributed by atoms with Gasteiger partial charge in [-0.25, -0.2) is 0 Å². The normalized spacial score (nSPS) is 11.4. The van der Waals surface area contributed by atoms with Crippen molar-refractivity contribution in [3.8, 4) is 0 Å². The maximum atomic E-state index is 10.3. The van der Waals surface area contributed by atoms with Crippen molar-refractivity contribution in [2.24, 2.45) is 0 Å². The summed E-state index contributed by atoms with van der Waals surface area (Å²) in [6.45, 7) is 3.47. The van der Waals surface area contributed by atoms with Gasteiger partial charge in [-0.05, 0) is 12.5 Å². The summed E-state index contributed by atoms with van der Waals surface area (Å²) in [6, 6.07) is 7.59. The highest BCUT2D eigenvalue weighted by atomic mass is 16.6. The zero-order chi connectivity index (χ0) is 9.84. The molecule has 0 N–H and O–H groups in total. The first-order valence-electron chi connectivity index (χ1n) is 3.99. The highest BCUT2D eigenvalue weighted by Crippen LogP contribution is 2.08. The van der Waals surface area contributed by atoms with Gasteiger partial charge in [0, 0.05) is 13.0 Å². The van der Waals surface area contributed by atoms with Gasteiger partial charge in [0.1, 0.15) is 0 Å². The molecule has 1 aromatic carbocycles. The van der Waals surface area contributed by atoms with E-state index in [1.54, 1.807) is 6.08 Å². The summed E-state index contributed by atoms with van der Waals surface area (Å²) in [5, 5.41) is 10.3. The fourth-order valence-corrected chi connectivity index (χ4v) is 0.957. The van der Waals surface area contributed by atoms with Crippen molar-refractivity contribution < 1.29 is 4.92 Å². The third-order valence-electron chi connectivity index (χ3n) is 1.74. The second-order valence-electron chi connectivity index (χ2n) is 2.95. The fourth-order valence-electron chi connectivity index (χ4n) is 0.957. The van der Waals surface area contributed by atoms with Crippen LogP contribution < -0.4 is 0 Å². The second-order valence-corrected chi connectivity index (χ2v) is 2.95. The quantitative estimate of drug-likeness (QED) is 0.514. The Balaban J connectivity index is 2.92. The van der Waals surface area contributed by atoms with E-state index in [4.69, 9.17) is 0 Å². The van der Waals surface area contributed by atoms with Gasteiger partial charge in [-0.1, -0.05) is 29.8 Å². The topological polar surface area (TPSA) is 43.1 Å². The highest BCUT2D eigenvalue weighted by molar-refractivity contribution is 5.50. The molecule has 0 fully saturated rings. The minimum absolute atomic E-state index is 0.156.